The van der Waals surface area contributed by atoms with E-state index in [-0.39, 0.29) is 12.6 Å². The molecule has 3 atom stereocenters. The van der Waals surface area contributed by atoms with Crippen LogP contribution in [0, 0.1) is 5.92 Å². The molecule has 4 heteroatoms. The van der Waals surface area contributed by atoms with E-state index >= 15 is 0 Å². The summed E-state index contributed by atoms with van der Waals surface area (Å²) in [6, 6.07) is 8.10. The number of fused-ring (bicyclic) bond motifs is 1. The molecule has 0 saturated carbocycles. The molecule has 94 valence electrons. The van der Waals surface area contributed by atoms with Crippen LogP contribution >= 0.6 is 0 Å². The lowest BCUT2D eigenvalue weighted by Gasteiger charge is -2.32. The molecule has 1 aromatic carbocycles. The molecule has 3 unspecified atom stereocenters. The second kappa shape index (κ2) is 5.49. The van der Waals surface area contributed by atoms with E-state index < -0.39 is 6.10 Å². The van der Waals surface area contributed by atoms with E-state index in [0.29, 0.717) is 19.1 Å². The van der Waals surface area contributed by atoms with Crippen LogP contribution in [0.15, 0.2) is 24.3 Å². The van der Waals surface area contributed by atoms with Gasteiger partial charge >= 0.3 is 0 Å². The Morgan fingerprint density at radius 3 is 3.00 bits per heavy atom. The molecule has 0 spiro atoms. The van der Waals surface area contributed by atoms with Crippen molar-refractivity contribution in [3.05, 3.63) is 29.8 Å². The zero-order chi connectivity index (χ0) is 12.3. The van der Waals surface area contributed by atoms with Gasteiger partial charge in [-0.1, -0.05) is 25.1 Å². The molecule has 0 aliphatic carbocycles. The van der Waals surface area contributed by atoms with Crippen LogP contribution in [0.3, 0.4) is 0 Å². The fourth-order valence-corrected chi connectivity index (χ4v) is 2.13. The van der Waals surface area contributed by atoms with Crippen LogP contribution < -0.4 is 10.1 Å². The molecule has 2 rings (SSSR count). The smallest absolute Gasteiger partial charge is 0.124 e. The topological polar surface area (TPSA) is 61.7 Å². The number of aliphatic hydroxyl groups excluding tert-OH is 2. The van der Waals surface area contributed by atoms with Crippen molar-refractivity contribution in [3.63, 3.8) is 0 Å². The van der Waals surface area contributed by atoms with Gasteiger partial charge < -0.3 is 20.3 Å². The summed E-state index contributed by atoms with van der Waals surface area (Å²) in [5, 5.41) is 21.5. The summed E-state index contributed by atoms with van der Waals surface area (Å²) in [4.78, 5) is 0. The van der Waals surface area contributed by atoms with Crippen molar-refractivity contribution >= 4 is 0 Å². The Balaban J connectivity index is 2.10. The van der Waals surface area contributed by atoms with Gasteiger partial charge in [-0.15, -0.1) is 0 Å². The first-order chi connectivity index (χ1) is 8.22. The zero-order valence-corrected chi connectivity index (χ0v) is 9.97. The molecule has 17 heavy (non-hydrogen) atoms. The van der Waals surface area contributed by atoms with Crippen LogP contribution in [0.4, 0.5) is 0 Å². The molecule has 0 amide bonds. The van der Waals surface area contributed by atoms with Gasteiger partial charge in [0, 0.05) is 24.1 Å². The van der Waals surface area contributed by atoms with Gasteiger partial charge in [0.25, 0.3) is 0 Å². The number of rotatable bonds is 4. The number of benzene rings is 1. The summed E-state index contributed by atoms with van der Waals surface area (Å²) in [7, 11) is 0. The number of hydrogen-bond acceptors (Lipinski definition) is 4. The highest BCUT2D eigenvalue weighted by Gasteiger charge is 2.27. The Labute approximate surface area is 101 Å². The van der Waals surface area contributed by atoms with Gasteiger partial charge in [0.2, 0.25) is 0 Å². The highest BCUT2D eigenvalue weighted by atomic mass is 16.5. The fourth-order valence-electron chi connectivity index (χ4n) is 2.13. The largest absolute Gasteiger partial charge is 0.493 e. The summed E-state index contributed by atoms with van der Waals surface area (Å²) >= 11 is 0. The third kappa shape index (κ3) is 2.77. The van der Waals surface area contributed by atoms with E-state index in [1.54, 1.807) is 0 Å². The van der Waals surface area contributed by atoms with E-state index in [1.165, 1.54) is 0 Å². The van der Waals surface area contributed by atoms with Gasteiger partial charge in [0.05, 0.1) is 19.3 Å². The Hall–Kier alpha value is -1.10. The molecule has 1 aliphatic heterocycles. The van der Waals surface area contributed by atoms with Crippen molar-refractivity contribution in [2.24, 2.45) is 5.92 Å². The van der Waals surface area contributed by atoms with Crippen LogP contribution in [0.2, 0.25) is 0 Å². The van der Waals surface area contributed by atoms with Gasteiger partial charge in [0.1, 0.15) is 5.75 Å². The maximum atomic E-state index is 9.38. The Bertz CT molecular complexity index is 369. The zero-order valence-electron chi connectivity index (χ0n) is 9.97. The van der Waals surface area contributed by atoms with Crippen molar-refractivity contribution < 1.29 is 14.9 Å². The average molecular weight is 237 g/mol. The number of para-hydroxylation sites is 1. The molecule has 0 aromatic heterocycles. The Kier molecular flexibility index (Phi) is 3.99. The first-order valence-corrected chi connectivity index (χ1v) is 5.96. The second-order valence-corrected chi connectivity index (χ2v) is 4.55. The van der Waals surface area contributed by atoms with Crippen molar-refractivity contribution in [1.82, 2.24) is 5.32 Å². The van der Waals surface area contributed by atoms with Crippen molar-refractivity contribution in [2.45, 2.75) is 19.1 Å². The number of aliphatic hydroxyl groups is 2. The van der Waals surface area contributed by atoms with Crippen molar-refractivity contribution in [1.29, 1.82) is 0 Å². The molecular weight excluding hydrogens is 218 g/mol. The van der Waals surface area contributed by atoms with E-state index in [2.05, 4.69) is 12.2 Å². The summed E-state index contributed by atoms with van der Waals surface area (Å²) in [6.45, 7) is 2.95. The lowest BCUT2D eigenvalue weighted by molar-refractivity contribution is 0.0856. The van der Waals surface area contributed by atoms with Crippen molar-refractivity contribution in [2.75, 3.05) is 19.8 Å². The van der Waals surface area contributed by atoms with E-state index in [1.807, 2.05) is 24.3 Å². The quantitative estimate of drug-likeness (QED) is 0.721. The summed E-state index contributed by atoms with van der Waals surface area (Å²) < 4.78 is 5.65. The fraction of sp³-hybridized carbons (Fsp3) is 0.538. The first kappa shape index (κ1) is 12.4. The number of nitrogens with one attached hydrogen (secondary N) is 1. The minimum atomic E-state index is -0.711. The minimum Gasteiger partial charge on any atom is -0.493 e. The van der Waals surface area contributed by atoms with Gasteiger partial charge in [0.15, 0.2) is 0 Å². The molecule has 0 saturated heterocycles. The van der Waals surface area contributed by atoms with E-state index in [0.717, 1.165) is 11.3 Å². The molecule has 0 radical (unpaired) electrons. The van der Waals surface area contributed by atoms with Crippen LogP contribution in [-0.4, -0.2) is 36.1 Å². The van der Waals surface area contributed by atoms with Crippen molar-refractivity contribution in [3.8, 4) is 5.75 Å². The SMILES string of the molecule is CC1COc2ccccc2C1NCC(O)CO. The van der Waals surface area contributed by atoms with Gasteiger partial charge in [-0.3, -0.25) is 0 Å². The molecular formula is C13H19NO3. The van der Waals surface area contributed by atoms with Crippen LogP contribution in [0.25, 0.3) is 0 Å². The maximum Gasteiger partial charge on any atom is 0.124 e. The molecule has 4 nitrogen and oxygen atoms in total. The van der Waals surface area contributed by atoms with Crippen LogP contribution in [0.5, 0.6) is 5.75 Å². The average Bonchev–Trinajstić information content (AvgIpc) is 2.37. The molecule has 1 aromatic rings. The molecule has 0 fully saturated rings. The Morgan fingerprint density at radius 2 is 2.24 bits per heavy atom. The predicted molar refractivity (Wildman–Crippen MR) is 64.9 cm³/mol. The summed E-state index contributed by atoms with van der Waals surface area (Å²) in [6.07, 6.45) is -0.711. The molecule has 1 heterocycles. The van der Waals surface area contributed by atoms with Crippen LogP contribution in [-0.2, 0) is 0 Å². The van der Waals surface area contributed by atoms with E-state index in [4.69, 9.17) is 9.84 Å². The summed E-state index contributed by atoms with van der Waals surface area (Å²) in [5.74, 6) is 1.25. The standard InChI is InChI=1S/C13H19NO3/c1-9-8-17-12-5-3-2-4-11(12)13(9)14-6-10(16)7-15/h2-5,9-10,13-16H,6-8H2,1H3. The highest BCUT2D eigenvalue weighted by molar-refractivity contribution is 5.37. The first-order valence-electron chi connectivity index (χ1n) is 5.96. The molecule has 1 aliphatic rings. The van der Waals surface area contributed by atoms with Gasteiger partial charge in [-0.05, 0) is 6.07 Å². The summed E-state index contributed by atoms with van der Waals surface area (Å²) in [5.41, 5.74) is 1.12. The number of ether oxygens (including phenoxy) is 1. The van der Waals surface area contributed by atoms with Crippen LogP contribution in [0.1, 0.15) is 18.5 Å². The Morgan fingerprint density at radius 1 is 1.47 bits per heavy atom. The second-order valence-electron chi connectivity index (χ2n) is 4.55. The maximum absolute atomic E-state index is 9.38. The highest BCUT2D eigenvalue weighted by Crippen LogP contribution is 2.34. The lowest BCUT2D eigenvalue weighted by Crippen LogP contribution is -2.38. The predicted octanol–water partition coefficient (Wildman–Crippen LogP) is 0.699. The normalized spacial score (nSPS) is 24.9. The lowest BCUT2D eigenvalue weighted by atomic mass is 9.92. The molecule has 3 N–H and O–H groups in total. The minimum absolute atomic E-state index is 0.168. The number of hydrogen-bond donors (Lipinski definition) is 3. The van der Waals surface area contributed by atoms with E-state index in [9.17, 15) is 5.11 Å². The third-order valence-corrected chi connectivity index (χ3v) is 3.11. The van der Waals surface area contributed by atoms with Gasteiger partial charge in [-0.2, -0.15) is 0 Å². The monoisotopic (exact) mass is 237 g/mol. The third-order valence-electron chi connectivity index (χ3n) is 3.11. The molecule has 0 bridgehead atoms. The van der Waals surface area contributed by atoms with Gasteiger partial charge in [-0.25, -0.2) is 0 Å².